The van der Waals surface area contributed by atoms with Gasteiger partial charge in [-0.05, 0) is 23.8 Å². The molecule has 3 nitrogen and oxygen atoms in total. The lowest BCUT2D eigenvalue weighted by molar-refractivity contribution is -0.128. The lowest BCUT2D eigenvalue weighted by Gasteiger charge is -2.25. The van der Waals surface area contributed by atoms with Gasteiger partial charge < -0.3 is 9.64 Å². The van der Waals surface area contributed by atoms with Gasteiger partial charge in [0.25, 0.3) is 0 Å². The average molecular weight is 353 g/mol. The van der Waals surface area contributed by atoms with E-state index in [1.165, 1.54) is 16.7 Å². The quantitative estimate of drug-likeness (QED) is 0.781. The average Bonchev–Trinajstić information content (AvgIpc) is 2.96. The first-order chi connectivity index (χ1) is 11.5. The minimum absolute atomic E-state index is 0.0577. The normalized spacial score (nSPS) is 17.4. The van der Waals surface area contributed by atoms with Crippen LogP contribution in [0.1, 0.15) is 16.5 Å². The molecule has 1 aliphatic rings. The van der Waals surface area contributed by atoms with Crippen LogP contribution in [0.4, 0.5) is 13.2 Å². The summed E-state index contributed by atoms with van der Waals surface area (Å²) in [4.78, 5) is 13.6. The third-order valence-electron chi connectivity index (χ3n) is 3.80. The lowest BCUT2D eigenvalue weighted by atomic mass is 10.1. The van der Waals surface area contributed by atoms with Crippen LogP contribution in [0.25, 0.3) is 0 Å². The Hall–Kier alpha value is -2.15. The van der Waals surface area contributed by atoms with Gasteiger partial charge in [-0.2, -0.15) is 0 Å². The summed E-state index contributed by atoms with van der Waals surface area (Å²) in [6.07, 6.45) is 0. The SMILES string of the molecule is COc1cccc(C2SCC(=O)N2Cc2ccc(F)c(F)c2F)c1. The summed E-state index contributed by atoms with van der Waals surface area (Å²) in [5.74, 6) is -3.33. The molecule has 3 rings (SSSR count). The van der Waals surface area contributed by atoms with Gasteiger partial charge in [0, 0.05) is 5.56 Å². The summed E-state index contributed by atoms with van der Waals surface area (Å²) in [6, 6.07) is 9.24. The van der Waals surface area contributed by atoms with Gasteiger partial charge in [-0.25, -0.2) is 13.2 Å². The zero-order chi connectivity index (χ0) is 17.3. The Morgan fingerprint density at radius 3 is 2.75 bits per heavy atom. The molecule has 2 aromatic carbocycles. The van der Waals surface area contributed by atoms with Gasteiger partial charge in [0.15, 0.2) is 17.5 Å². The number of methoxy groups -OCH3 is 1. The molecule has 0 aromatic heterocycles. The molecule has 0 bridgehead atoms. The number of thioether (sulfide) groups is 1. The van der Waals surface area contributed by atoms with Crippen molar-refractivity contribution in [2.24, 2.45) is 0 Å². The van der Waals surface area contributed by atoms with Gasteiger partial charge in [0.1, 0.15) is 11.1 Å². The van der Waals surface area contributed by atoms with Crippen LogP contribution in [0, 0.1) is 17.5 Å². The minimum atomic E-state index is -1.52. The number of rotatable bonds is 4. The molecule has 1 fully saturated rings. The fourth-order valence-electron chi connectivity index (χ4n) is 2.57. The molecule has 0 spiro atoms. The van der Waals surface area contributed by atoms with E-state index < -0.39 is 17.5 Å². The van der Waals surface area contributed by atoms with E-state index in [-0.39, 0.29) is 29.1 Å². The minimum Gasteiger partial charge on any atom is -0.497 e. The van der Waals surface area contributed by atoms with Crippen LogP contribution < -0.4 is 4.74 Å². The Morgan fingerprint density at radius 2 is 2.00 bits per heavy atom. The third kappa shape index (κ3) is 3.08. The van der Waals surface area contributed by atoms with Crippen molar-refractivity contribution in [3.8, 4) is 5.75 Å². The lowest BCUT2D eigenvalue weighted by Crippen LogP contribution is -2.28. The molecule has 1 heterocycles. The van der Waals surface area contributed by atoms with Gasteiger partial charge in [0.05, 0.1) is 19.4 Å². The zero-order valence-electron chi connectivity index (χ0n) is 12.8. The van der Waals surface area contributed by atoms with Crippen molar-refractivity contribution in [2.75, 3.05) is 12.9 Å². The van der Waals surface area contributed by atoms with Crippen LogP contribution in [-0.4, -0.2) is 23.7 Å². The summed E-state index contributed by atoms with van der Waals surface area (Å²) in [6.45, 7) is -0.128. The summed E-state index contributed by atoms with van der Waals surface area (Å²) in [7, 11) is 1.54. The Morgan fingerprint density at radius 1 is 1.21 bits per heavy atom. The molecule has 0 aliphatic carbocycles. The van der Waals surface area contributed by atoms with Crippen LogP contribution in [0.2, 0.25) is 0 Å². The van der Waals surface area contributed by atoms with E-state index in [0.717, 1.165) is 17.7 Å². The molecule has 1 unspecified atom stereocenters. The maximum Gasteiger partial charge on any atom is 0.234 e. The fourth-order valence-corrected chi connectivity index (χ4v) is 3.75. The topological polar surface area (TPSA) is 29.5 Å². The van der Waals surface area contributed by atoms with Crippen LogP contribution in [0.5, 0.6) is 5.75 Å². The van der Waals surface area contributed by atoms with Crippen molar-refractivity contribution in [1.82, 2.24) is 4.90 Å². The Kier molecular flexibility index (Phi) is 4.71. The number of benzene rings is 2. The number of carbonyl (C=O) groups is 1. The first-order valence-corrected chi connectivity index (χ1v) is 8.23. The second-order valence-electron chi connectivity index (χ2n) is 5.30. The maximum absolute atomic E-state index is 13.9. The molecule has 1 saturated heterocycles. The predicted molar refractivity (Wildman–Crippen MR) is 85.1 cm³/mol. The molecule has 126 valence electrons. The third-order valence-corrected chi connectivity index (χ3v) is 5.06. The summed E-state index contributed by atoms with van der Waals surface area (Å²) in [5.41, 5.74) is 0.769. The highest BCUT2D eigenvalue weighted by Crippen LogP contribution is 2.40. The number of amides is 1. The summed E-state index contributed by atoms with van der Waals surface area (Å²) >= 11 is 1.39. The molecule has 1 aliphatic heterocycles. The van der Waals surface area contributed by atoms with Crippen LogP contribution >= 0.6 is 11.8 Å². The van der Waals surface area contributed by atoms with E-state index in [0.29, 0.717) is 5.75 Å². The van der Waals surface area contributed by atoms with Crippen molar-refractivity contribution in [1.29, 1.82) is 0 Å². The van der Waals surface area contributed by atoms with Gasteiger partial charge in [0.2, 0.25) is 5.91 Å². The second kappa shape index (κ2) is 6.76. The molecular formula is C17H14F3NO2S. The Bertz CT molecular complexity index is 784. The number of halogens is 3. The molecule has 2 aromatic rings. The summed E-state index contributed by atoms with van der Waals surface area (Å²) < 4.78 is 45.6. The monoisotopic (exact) mass is 353 g/mol. The van der Waals surface area contributed by atoms with Gasteiger partial charge >= 0.3 is 0 Å². The highest BCUT2D eigenvalue weighted by Gasteiger charge is 2.33. The second-order valence-corrected chi connectivity index (χ2v) is 6.36. The van der Waals surface area contributed by atoms with E-state index in [1.807, 2.05) is 6.07 Å². The van der Waals surface area contributed by atoms with Gasteiger partial charge in [-0.1, -0.05) is 18.2 Å². The van der Waals surface area contributed by atoms with E-state index in [1.54, 1.807) is 25.3 Å². The molecule has 0 saturated carbocycles. The van der Waals surface area contributed by atoms with Gasteiger partial charge in [-0.15, -0.1) is 11.8 Å². The predicted octanol–water partition coefficient (Wildman–Crippen LogP) is 3.89. The molecular weight excluding hydrogens is 339 g/mol. The van der Waals surface area contributed by atoms with Crippen molar-refractivity contribution in [3.63, 3.8) is 0 Å². The number of ether oxygens (including phenoxy) is 1. The number of hydrogen-bond acceptors (Lipinski definition) is 3. The maximum atomic E-state index is 13.9. The zero-order valence-corrected chi connectivity index (χ0v) is 13.6. The molecule has 0 N–H and O–H groups in total. The van der Waals surface area contributed by atoms with E-state index in [2.05, 4.69) is 0 Å². The standard InChI is InChI=1S/C17H14F3NO2S/c1-23-12-4-2-3-10(7-12)17-21(14(22)9-24-17)8-11-5-6-13(18)16(20)15(11)19/h2-7,17H,8-9H2,1H3. The number of nitrogens with zero attached hydrogens (tertiary/aromatic N) is 1. The highest BCUT2D eigenvalue weighted by atomic mass is 32.2. The fraction of sp³-hybridized carbons (Fsp3) is 0.235. The molecule has 1 atom stereocenters. The van der Waals surface area contributed by atoms with E-state index in [9.17, 15) is 18.0 Å². The van der Waals surface area contributed by atoms with Crippen LogP contribution in [-0.2, 0) is 11.3 Å². The Balaban J connectivity index is 1.90. The highest BCUT2D eigenvalue weighted by molar-refractivity contribution is 8.00. The van der Waals surface area contributed by atoms with E-state index in [4.69, 9.17) is 4.74 Å². The first-order valence-electron chi connectivity index (χ1n) is 7.18. The van der Waals surface area contributed by atoms with Crippen molar-refractivity contribution in [3.05, 3.63) is 65.0 Å². The van der Waals surface area contributed by atoms with Gasteiger partial charge in [-0.3, -0.25) is 4.79 Å². The number of carbonyl (C=O) groups excluding carboxylic acids is 1. The van der Waals surface area contributed by atoms with Crippen LogP contribution in [0.15, 0.2) is 36.4 Å². The molecule has 1 amide bonds. The summed E-state index contributed by atoms with van der Waals surface area (Å²) in [5, 5.41) is -0.333. The van der Waals surface area contributed by atoms with Crippen LogP contribution in [0.3, 0.4) is 0 Å². The van der Waals surface area contributed by atoms with E-state index >= 15 is 0 Å². The van der Waals surface area contributed by atoms with Crippen molar-refractivity contribution >= 4 is 17.7 Å². The molecule has 7 heteroatoms. The smallest absolute Gasteiger partial charge is 0.234 e. The first kappa shape index (κ1) is 16.7. The number of hydrogen-bond donors (Lipinski definition) is 0. The molecule has 0 radical (unpaired) electrons. The van der Waals surface area contributed by atoms with Crippen molar-refractivity contribution in [2.45, 2.75) is 11.9 Å². The Labute approximate surface area is 141 Å². The van der Waals surface area contributed by atoms with Crippen molar-refractivity contribution < 1.29 is 22.7 Å². The largest absolute Gasteiger partial charge is 0.497 e. The molecule has 24 heavy (non-hydrogen) atoms.